The van der Waals surface area contributed by atoms with E-state index in [9.17, 15) is 4.79 Å². The third kappa shape index (κ3) is 12.2. The van der Waals surface area contributed by atoms with Crippen molar-refractivity contribution >= 4 is 5.97 Å². The molecule has 0 aliphatic carbocycles. The molecule has 0 fully saturated rings. The maximum Gasteiger partial charge on any atom is 0.338 e. The second kappa shape index (κ2) is 13.8. The number of nitrogens with zero attached hydrogens (tertiary/aromatic N) is 1. The Kier molecular flexibility index (Phi) is 13.4. The normalized spacial score (nSPS) is 10.9. The molecule has 0 spiro atoms. The van der Waals surface area contributed by atoms with Crippen molar-refractivity contribution in [2.45, 2.75) is 71.6 Å². The van der Waals surface area contributed by atoms with Crippen molar-refractivity contribution in [2.24, 2.45) is 5.73 Å². The molecule has 0 heterocycles. The fraction of sp³-hybridized carbons (Fsp3) is 0.933. The Hall–Kier alpha value is -0.610. The van der Waals surface area contributed by atoms with Gasteiger partial charge in [-0.05, 0) is 12.8 Å². The predicted molar refractivity (Wildman–Crippen MR) is 79.6 cm³/mol. The standard InChI is InChI=1S/C15H32N2O2/c1-3-5-6-7-8-9-10-11-13-17(12-4-2)19-15(18)14-16/h3-14,16H2,1-2H3. The lowest BCUT2D eigenvalue weighted by Crippen LogP contribution is -2.32. The molecule has 0 saturated carbocycles. The van der Waals surface area contributed by atoms with Gasteiger partial charge in [0.1, 0.15) is 0 Å². The van der Waals surface area contributed by atoms with Crippen LogP contribution in [0.15, 0.2) is 0 Å². The number of carbonyl (C=O) groups is 1. The van der Waals surface area contributed by atoms with E-state index in [0.717, 1.165) is 25.9 Å². The number of unbranched alkanes of at least 4 members (excludes halogenated alkanes) is 7. The van der Waals surface area contributed by atoms with Gasteiger partial charge in [-0.15, -0.1) is 5.06 Å². The third-order valence-corrected chi connectivity index (χ3v) is 3.13. The summed E-state index contributed by atoms with van der Waals surface area (Å²) in [6.07, 6.45) is 11.3. The van der Waals surface area contributed by atoms with Gasteiger partial charge in [-0.25, -0.2) is 4.79 Å². The van der Waals surface area contributed by atoms with Crippen LogP contribution in [0.25, 0.3) is 0 Å². The molecule has 0 radical (unpaired) electrons. The fourth-order valence-corrected chi connectivity index (χ4v) is 2.06. The molecule has 0 aromatic heterocycles. The van der Waals surface area contributed by atoms with Gasteiger partial charge in [0.2, 0.25) is 0 Å². The molecular weight excluding hydrogens is 240 g/mol. The average Bonchev–Trinajstić information content (AvgIpc) is 2.41. The van der Waals surface area contributed by atoms with Crippen molar-refractivity contribution < 1.29 is 9.63 Å². The molecule has 4 heteroatoms. The summed E-state index contributed by atoms with van der Waals surface area (Å²) in [5.41, 5.74) is 5.25. The van der Waals surface area contributed by atoms with E-state index in [-0.39, 0.29) is 12.5 Å². The first-order valence-electron chi connectivity index (χ1n) is 7.90. The largest absolute Gasteiger partial charge is 0.367 e. The molecule has 0 rings (SSSR count). The zero-order valence-electron chi connectivity index (χ0n) is 12.8. The van der Waals surface area contributed by atoms with Crippen LogP contribution in [0.5, 0.6) is 0 Å². The Morgan fingerprint density at radius 3 is 2.00 bits per heavy atom. The van der Waals surface area contributed by atoms with Gasteiger partial charge in [-0.2, -0.15) is 0 Å². The Bertz CT molecular complexity index is 210. The first-order chi connectivity index (χ1) is 9.24. The van der Waals surface area contributed by atoms with Crippen LogP contribution < -0.4 is 5.73 Å². The topological polar surface area (TPSA) is 55.6 Å². The summed E-state index contributed by atoms with van der Waals surface area (Å²) in [7, 11) is 0. The molecule has 0 amide bonds. The molecule has 2 N–H and O–H groups in total. The van der Waals surface area contributed by atoms with Gasteiger partial charge in [-0.3, -0.25) is 0 Å². The van der Waals surface area contributed by atoms with E-state index >= 15 is 0 Å². The van der Waals surface area contributed by atoms with Crippen molar-refractivity contribution in [1.82, 2.24) is 5.06 Å². The number of hydrogen-bond acceptors (Lipinski definition) is 4. The zero-order chi connectivity index (χ0) is 14.3. The second-order valence-electron chi connectivity index (χ2n) is 5.07. The van der Waals surface area contributed by atoms with Crippen molar-refractivity contribution in [3.63, 3.8) is 0 Å². The Balaban J connectivity index is 3.50. The van der Waals surface area contributed by atoms with E-state index in [4.69, 9.17) is 10.6 Å². The summed E-state index contributed by atoms with van der Waals surface area (Å²) >= 11 is 0. The lowest BCUT2D eigenvalue weighted by atomic mass is 10.1. The molecule has 114 valence electrons. The lowest BCUT2D eigenvalue weighted by molar-refractivity contribution is -0.189. The zero-order valence-corrected chi connectivity index (χ0v) is 12.8. The maximum atomic E-state index is 11.1. The van der Waals surface area contributed by atoms with Crippen LogP contribution in [0.3, 0.4) is 0 Å². The van der Waals surface area contributed by atoms with Crippen LogP contribution >= 0.6 is 0 Å². The monoisotopic (exact) mass is 272 g/mol. The maximum absolute atomic E-state index is 11.1. The molecule has 0 aromatic carbocycles. The van der Waals surface area contributed by atoms with Gasteiger partial charge in [0.25, 0.3) is 0 Å². The average molecular weight is 272 g/mol. The molecule has 0 unspecified atom stereocenters. The first kappa shape index (κ1) is 18.4. The van der Waals surface area contributed by atoms with E-state index in [0.29, 0.717) is 0 Å². The summed E-state index contributed by atoms with van der Waals surface area (Å²) in [4.78, 5) is 16.3. The SMILES string of the molecule is CCCCCCCCCCN(CCC)OC(=O)CN. The van der Waals surface area contributed by atoms with E-state index in [2.05, 4.69) is 13.8 Å². The van der Waals surface area contributed by atoms with Gasteiger partial charge in [-0.1, -0.05) is 58.8 Å². The van der Waals surface area contributed by atoms with Gasteiger partial charge in [0.05, 0.1) is 6.54 Å². The quantitative estimate of drug-likeness (QED) is 0.413. The van der Waals surface area contributed by atoms with Crippen molar-refractivity contribution in [3.8, 4) is 0 Å². The molecule has 0 aliphatic heterocycles. The van der Waals surface area contributed by atoms with Gasteiger partial charge in [0, 0.05) is 13.1 Å². The summed E-state index contributed by atoms with van der Waals surface area (Å²) < 4.78 is 0. The first-order valence-corrected chi connectivity index (χ1v) is 7.90. The Morgan fingerprint density at radius 2 is 1.47 bits per heavy atom. The summed E-state index contributed by atoms with van der Waals surface area (Å²) in [5.74, 6) is -0.340. The number of nitrogens with two attached hydrogens (primary N) is 1. The molecule has 0 aromatic rings. The minimum atomic E-state index is -0.340. The summed E-state index contributed by atoms with van der Waals surface area (Å²) in [6, 6.07) is 0. The Labute approximate surface area is 118 Å². The van der Waals surface area contributed by atoms with E-state index < -0.39 is 0 Å². The van der Waals surface area contributed by atoms with E-state index in [1.807, 2.05) is 0 Å². The van der Waals surface area contributed by atoms with Crippen LogP contribution in [0.4, 0.5) is 0 Å². The summed E-state index contributed by atoms with van der Waals surface area (Å²) in [5, 5.41) is 1.76. The van der Waals surface area contributed by atoms with Crippen LogP contribution in [0.1, 0.15) is 71.6 Å². The van der Waals surface area contributed by atoms with Gasteiger partial charge < -0.3 is 10.6 Å². The number of hydroxylamine groups is 2. The third-order valence-electron chi connectivity index (χ3n) is 3.13. The minimum Gasteiger partial charge on any atom is -0.367 e. The van der Waals surface area contributed by atoms with Gasteiger partial charge in [0.15, 0.2) is 0 Å². The smallest absolute Gasteiger partial charge is 0.338 e. The molecule has 4 nitrogen and oxygen atoms in total. The Morgan fingerprint density at radius 1 is 0.895 bits per heavy atom. The molecular formula is C15H32N2O2. The van der Waals surface area contributed by atoms with Crippen LogP contribution in [-0.2, 0) is 9.63 Å². The predicted octanol–water partition coefficient (Wildman–Crippen LogP) is 3.26. The highest BCUT2D eigenvalue weighted by atomic mass is 16.7. The van der Waals surface area contributed by atoms with E-state index in [1.165, 1.54) is 44.9 Å². The second-order valence-corrected chi connectivity index (χ2v) is 5.07. The molecule has 0 saturated heterocycles. The minimum absolute atomic E-state index is 0.0440. The van der Waals surface area contributed by atoms with E-state index in [1.54, 1.807) is 5.06 Å². The highest BCUT2D eigenvalue weighted by Crippen LogP contribution is 2.09. The highest BCUT2D eigenvalue weighted by Gasteiger charge is 2.08. The van der Waals surface area contributed by atoms with Crippen molar-refractivity contribution in [2.75, 3.05) is 19.6 Å². The van der Waals surface area contributed by atoms with Crippen molar-refractivity contribution in [3.05, 3.63) is 0 Å². The van der Waals surface area contributed by atoms with Gasteiger partial charge >= 0.3 is 5.97 Å². The van der Waals surface area contributed by atoms with Crippen LogP contribution in [-0.4, -0.2) is 30.7 Å². The molecule has 0 bridgehead atoms. The number of rotatable bonds is 13. The number of carbonyl (C=O) groups excluding carboxylic acids is 1. The van der Waals surface area contributed by atoms with Crippen LogP contribution in [0.2, 0.25) is 0 Å². The van der Waals surface area contributed by atoms with Crippen molar-refractivity contribution in [1.29, 1.82) is 0 Å². The number of hydrogen-bond donors (Lipinski definition) is 1. The highest BCUT2D eigenvalue weighted by molar-refractivity contribution is 5.70. The molecule has 19 heavy (non-hydrogen) atoms. The molecule has 0 aliphatic rings. The van der Waals surface area contributed by atoms with Crippen LogP contribution in [0, 0.1) is 0 Å². The summed E-state index contributed by atoms with van der Waals surface area (Å²) in [6.45, 7) is 5.90. The lowest BCUT2D eigenvalue weighted by Gasteiger charge is -2.20. The fourth-order valence-electron chi connectivity index (χ4n) is 2.06. The molecule has 0 atom stereocenters.